The Labute approximate surface area is 153 Å². The van der Waals surface area contributed by atoms with Crippen LogP contribution in [0.5, 0.6) is 0 Å². The molecule has 0 unspecified atom stereocenters. The predicted molar refractivity (Wildman–Crippen MR) is 94.2 cm³/mol. The van der Waals surface area contributed by atoms with Crippen LogP contribution in [-0.2, 0) is 15.6 Å². The third-order valence-corrected chi connectivity index (χ3v) is 5.61. The molecule has 0 aliphatic carbocycles. The molecule has 0 amide bonds. The number of sulfone groups is 1. The number of halogens is 3. The summed E-state index contributed by atoms with van der Waals surface area (Å²) >= 11 is 17.9. The van der Waals surface area contributed by atoms with Crippen molar-refractivity contribution in [2.75, 3.05) is 0 Å². The van der Waals surface area contributed by atoms with E-state index in [1.54, 1.807) is 36.4 Å². The molecule has 3 rings (SSSR count). The van der Waals surface area contributed by atoms with Gasteiger partial charge in [-0.05, 0) is 29.8 Å². The normalized spacial score (nSPS) is 11.6. The zero-order valence-corrected chi connectivity index (χ0v) is 15.1. The van der Waals surface area contributed by atoms with Gasteiger partial charge < -0.3 is 0 Å². The molecule has 0 aliphatic heterocycles. The quantitative estimate of drug-likeness (QED) is 0.701. The SMILES string of the molecule is O=S(=O)(Cc1ccc(Cl)cc1Cl)c1nc(-c2ccccc2Cl)n[nH]1. The van der Waals surface area contributed by atoms with Gasteiger partial charge in [-0.15, -0.1) is 0 Å². The van der Waals surface area contributed by atoms with Crippen LogP contribution < -0.4 is 0 Å². The molecule has 0 spiro atoms. The van der Waals surface area contributed by atoms with Crippen molar-refractivity contribution in [3.05, 3.63) is 63.1 Å². The first-order valence-electron chi connectivity index (χ1n) is 6.71. The molecule has 3 aromatic rings. The second-order valence-corrected chi connectivity index (χ2v) is 8.09. The van der Waals surface area contributed by atoms with E-state index in [0.717, 1.165) is 0 Å². The average molecular weight is 403 g/mol. The fourth-order valence-electron chi connectivity index (χ4n) is 2.06. The van der Waals surface area contributed by atoms with E-state index in [1.807, 2.05) is 0 Å². The topological polar surface area (TPSA) is 75.7 Å². The van der Waals surface area contributed by atoms with Crippen molar-refractivity contribution in [3.8, 4) is 11.4 Å². The summed E-state index contributed by atoms with van der Waals surface area (Å²) in [7, 11) is -3.75. The Bertz CT molecular complexity index is 1000. The van der Waals surface area contributed by atoms with Crippen molar-refractivity contribution < 1.29 is 8.42 Å². The maximum absolute atomic E-state index is 12.5. The minimum Gasteiger partial charge on any atom is -0.249 e. The number of hydrogen-bond donors (Lipinski definition) is 1. The fourth-order valence-corrected chi connectivity index (χ4v) is 4.04. The van der Waals surface area contributed by atoms with Crippen LogP contribution in [0.1, 0.15) is 5.56 Å². The maximum Gasteiger partial charge on any atom is 0.243 e. The molecule has 0 saturated heterocycles. The van der Waals surface area contributed by atoms with E-state index >= 15 is 0 Å². The summed E-state index contributed by atoms with van der Waals surface area (Å²) in [6.45, 7) is 0. The molecule has 0 bridgehead atoms. The van der Waals surface area contributed by atoms with Crippen molar-refractivity contribution in [2.45, 2.75) is 10.9 Å². The van der Waals surface area contributed by atoms with Gasteiger partial charge >= 0.3 is 0 Å². The third-order valence-electron chi connectivity index (χ3n) is 3.23. The summed E-state index contributed by atoms with van der Waals surface area (Å²) in [5, 5.41) is 7.28. The molecule has 0 aliphatic rings. The maximum atomic E-state index is 12.5. The lowest BCUT2D eigenvalue weighted by Crippen LogP contribution is -2.07. The van der Waals surface area contributed by atoms with Crippen molar-refractivity contribution in [1.29, 1.82) is 0 Å². The third kappa shape index (κ3) is 3.57. The lowest BCUT2D eigenvalue weighted by Gasteiger charge is -2.04. The number of hydrogen-bond acceptors (Lipinski definition) is 4. The minimum atomic E-state index is -3.75. The molecular weight excluding hydrogens is 393 g/mol. The Morgan fingerprint density at radius 3 is 2.46 bits per heavy atom. The lowest BCUT2D eigenvalue weighted by molar-refractivity contribution is 0.587. The Balaban J connectivity index is 1.92. The van der Waals surface area contributed by atoms with E-state index in [9.17, 15) is 8.42 Å². The molecule has 9 heteroatoms. The Hall–Kier alpha value is -1.60. The number of aromatic nitrogens is 3. The first kappa shape index (κ1) is 17.2. The fraction of sp³-hybridized carbons (Fsp3) is 0.0667. The van der Waals surface area contributed by atoms with Gasteiger partial charge in [0.2, 0.25) is 15.0 Å². The Kier molecular flexibility index (Phi) is 4.83. The summed E-state index contributed by atoms with van der Waals surface area (Å²) < 4.78 is 25.0. The van der Waals surface area contributed by atoms with Gasteiger partial charge in [0.15, 0.2) is 5.82 Å². The van der Waals surface area contributed by atoms with Crippen LogP contribution in [0, 0.1) is 0 Å². The van der Waals surface area contributed by atoms with Crippen LogP contribution in [0.15, 0.2) is 47.6 Å². The van der Waals surface area contributed by atoms with Crippen LogP contribution >= 0.6 is 34.8 Å². The molecular formula is C15H10Cl3N3O2S. The van der Waals surface area contributed by atoms with E-state index in [4.69, 9.17) is 34.8 Å². The number of benzene rings is 2. The molecule has 1 aromatic heterocycles. The molecule has 0 atom stereocenters. The van der Waals surface area contributed by atoms with Gasteiger partial charge in [-0.3, -0.25) is 0 Å². The van der Waals surface area contributed by atoms with Crippen LogP contribution in [0.4, 0.5) is 0 Å². The van der Waals surface area contributed by atoms with E-state index in [-0.39, 0.29) is 21.8 Å². The molecule has 0 saturated carbocycles. The molecule has 1 N–H and O–H groups in total. The summed E-state index contributed by atoms with van der Waals surface area (Å²) in [5.41, 5.74) is 0.971. The largest absolute Gasteiger partial charge is 0.249 e. The van der Waals surface area contributed by atoms with Gasteiger partial charge in [0.1, 0.15) is 0 Å². The minimum absolute atomic E-state index is 0.210. The highest BCUT2D eigenvalue weighted by Gasteiger charge is 2.22. The first-order valence-corrected chi connectivity index (χ1v) is 9.49. The average Bonchev–Trinajstić information content (AvgIpc) is 3.01. The van der Waals surface area contributed by atoms with Gasteiger partial charge in [-0.2, -0.15) is 10.1 Å². The first-order chi connectivity index (χ1) is 11.4. The van der Waals surface area contributed by atoms with E-state index in [0.29, 0.717) is 21.2 Å². The number of nitrogens with zero attached hydrogens (tertiary/aromatic N) is 2. The predicted octanol–water partition coefficient (Wildman–Crippen LogP) is 4.41. The summed E-state index contributed by atoms with van der Waals surface area (Å²) in [6.07, 6.45) is 0. The summed E-state index contributed by atoms with van der Waals surface area (Å²) in [6, 6.07) is 11.5. The zero-order valence-electron chi connectivity index (χ0n) is 12.0. The van der Waals surface area contributed by atoms with Crippen LogP contribution in [-0.4, -0.2) is 23.6 Å². The van der Waals surface area contributed by atoms with Gasteiger partial charge in [0.25, 0.3) is 0 Å². The smallest absolute Gasteiger partial charge is 0.243 e. The summed E-state index contributed by atoms with van der Waals surface area (Å²) in [5.74, 6) is -0.110. The van der Waals surface area contributed by atoms with E-state index < -0.39 is 9.84 Å². The molecule has 0 fully saturated rings. The molecule has 5 nitrogen and oxygen atoms in total. The zero-order chi connectivity index (χ0) is 17.3. The number of aromatic amines is 1. The molecule has 1 heterocycles. The highest BCUT2D eigenvalue weighted by molar-refractivity contribution is 7.90. The van der Waals surface area contributed by atoms with E-state index in [2.05, 4.69) is 15.2 Å². The van der Waals surface area contributed by atoms with Gasteiger partial charge in [0.05, 0.1) is 10.8 Å². The lowest BCUT2D eigenvalue weighted by atomic mass is 10.2. The molecule has 24 heavy (non-hydrogen) atoms. The van der Waals surface area contributed by atoms with Crippen molar-refractivity contribution in [3.63, 3.8) is 0 Å². The monoisotopic (exact) mass is 401 g/mol. The van der Waals surface area contributed by atoms with Crippen LogP contribution in [0.2, 0.25) is 15.1 Å². The van der Waals surface area contributed by atoms with Crippen LogP contribution in [0.25, 0.3) is 11.4 Å². The second-order valence-electron chi connectivity index (χ2n) is 4.94. The van der Waals surface area contributed by atoms with Crippen molar-refractivity contribution >= 4 is 44.6 Å². The van der Waals surface area contributed by atoms with Crippen molar-refractivity contribution in [1.82, 2.24) is 15.2 Å². The van der Waals surface area contributed by atoms with Crippen LogP contribution in [0.3, 0.4) is 0 Å². The summed E-state index contributed by atoms with van der Waals surface area (Å²) in [4.78, 5) is 4.05. The number of H-pyrrole nitrogens is 1. The highest BCUT2D eigenvalue weighted by Crippen LogP contribution is 2.27. The Morgan fingerprint density at radius 1 is 1.00 bits per heavy atom. The number of nitrogens with one attached hydrogen (secondary N) is 1. The molecule has 0 radical (unpaired) electrons. The molecule has 124 valence electrons. The van der Waals surface area contributed by atoms with Crippen molar-refractivity contribution in [2.24, 2.45) is 0 Å². The van der Waals surface area contributed by atoms with E-state index in [1.165, 1.54) is 6.07 Å². The van der Waals surface area contributed by atoms with Gasteiger partial charge in [-0.25, -0.2) is 13.5 Å². The Morgan fingerprint density at radius 2 is 1.75 bits per heavy atom. The van der Waals surface area contributed by atoms with Gasteiger partial charge in [0, 0.05) is 15.6 Å². The van der Waals surface area contributed by atoms with Gasteiger partial charge in [-0.1, -0.05) is 53.0 Å². The standard InChI is InChI=1S/C15H10Cl3N3O2S/c16-10-6-5-9(13(18)7-10)8-24(22,23)15-19-14(20-21-15)11-3-1-2-4-12(11)17/h1-7H,8H2,(H,19,20,21). The highest BCUT2D eigenvalue weighted by atomic mass is 35.5. The number of rotatable bonds is 4. The molecule has 2 aromatic carbocycles. The second kappa shape index (κ2) is 6.72.